The molecule has 0 saturated heterocycles. The maximum absolute atomic E-state index is 12.5. The van der Waals surface area contributed by atoms with Crippen molar-refractivity contribution in [2.75, 3.05) is 11.9 Å². The number of fused-ring (bicyclic) bond motifs is 1. The molecule has 8 heteroatoms. The number of nitrogens with zero attached hydrogens (tertiary/aromatic N) is 3. The van der Waals surface area contributed by atoms with Crippen LogP contribution in [0.5, 0.6) is 0 Å². The summed E-state index contributed by atoms with van der Waals surface area (Å²) in [5, 5.41) is 3.62. The van der Waals surface area contributed by atoms with E-state index in [2.05, 4.69) is 15.3 Å². The van der Waals surface area contributed by atoms with Gasteiger partial charge in [0.1, 0.15) is 5.00 Å². The molecule has 1 aliphatic carbocycles. The van der Waals surface area contributed by atoms with E-state index in [-0.39, 0.29) is 16.8 Å². The zero-order chi connectivity index (χ0) is 16.4. The van der Waals surface area contributed by atoms with E-state index < -0.39 is 5.97 Å². The van der Waals surface area contributed by atoms with Gasteiger partial charge in [-0.1, -0.05) is 11.3 Å². The molecule has 0 fully saturated rings. The van der Waals surface area contributed by atoms with Gasteiger partial charge in [0.25, 0.3) is 0 Å². The lowest BCUT2D eigenvalue weighted by atomic mass is 9.89. The van der Waals surface area contributed by atoms with Crippen molar-refractivity contribution in [3.63, 3.8) is 0 Å². The number of esters is 1. The van der Waals surface area contributed by atoms with E-state index in [1.54, 1.807) is 13.3 Å². The molecular formula is C15H18N4O3S. The van der Waals surface area contributed by atoms with Crippen molar-refractivity contribution >= 4 is 28.2 Å². The molecule has 1 aliphatic rings. The fourth-order valence-corrected chi connectivity index (χ4v) is 3.48. The molecule has 1 amide bonds. The number of carbonyl (C=O) groups excluding carboxylic acids is 2. The van der Waals surface area contributed by atoms with Crippen LogP contribution in [0.4, 0.5) is 5.00 Å². The van der Waals surface area contributed by atoms with Crippen LogP contribution in [0.3, 0.4) is 0 Å². The molecule has 2 aromatic rings. The number of carbonyl (C=O) groups is 2. The summed E-state index contributed by atoms with van der Waals surface area (Å²) in [5.41, 5.74) is 1.97. The first-order valence-electron chi connectivity index (χ1n) is 7.54. The monoisotopic (exact) mass is 334 g/mol. The Labute approximate surface area is 137 Å². The molecule has 23 heavy (non-hydrogen) atoms. The van der Waals surface area contributed by atoms with Gasteiger partial charge in [0, 0.05) is 12.7 Å². The van der Waals surface area contributed by atoms with Gasteiger partial charge >= 0.3 is 5.97 Å². The number of amides is 1. The number of anilines is 1. The Morgan fingerprint density at radius 3 is 3.09 bits per heavy atom. The SMILES string of the molecule is CCOC(=O)c1ncc(NC(=O)C2CCCc3c2ncn3C)s1. The quantitative estimate of drug-likeness (QED) is 0.866. The number of rotatable bonds is 4. The van der Waals surface area contributed by atoms with E-state index in [0.29, 0.717) is 11.6 Å². The average Bonchev–Trinajstić information content (AvgIpc) is 3.15. The summed E-state index contributed by atoms with van der Waals surface area (Å²) < 4.78 is 6.87. The second-order valence-corrected chi connectivity index (χ2v) is 6.40. The topological polar surface area (TPSA) is 86.1 Å². The fourth-order valence-electron chi connectivity index (χ4n) is 2.76. The van der Waals surface area contributed by atoms with Gasteiger partial charge in [-0.3, -0.25) is 4.79 Å². The molecule has 0 radical (unpaired) electrons. The predicted molar refractivity (Wildman–Crippen MR) is 85.6 cm³/mol. The minimum absolute atomic E-state index is 0.108. The molecule has 1 N–H and O–H groups in total. The summed E-state index contributed by atoms with van der Waals surface area (Å²) >= 11 is 1.12. The van der Waals surface area contributed by atoms with E-state index in [0.717, 1.165) is 42.0 Å². The largest absolute Gasteiger partial charge is 0.461 e. The fraction of sp³-hybridized carbons (Fsp3) is 0.467. The molecule has 0 bridgehead atoms. The van der Waals surface area contributed by atoms with E-state index in [1.165, 1.54) is 6.20 Å². The molecule has 2 heterocycles. The molecule has 0 aromatic carbocycles. The van der Waals surface area contributed by atoms with Crippen molar-refractivity contribution in [2.24, 2.45) is 7.05 Å². The molecule has 0 spiro atoms. The van der Waals surface area contributed by atoms with Crippen molar-refractivity contribution in [3.8, 4) is 0 Å². The van der Waals surface area contributed by atoms with Gasteiger partial charge < -0.3 is 14.6 Å². The number of thiazole rings is 1. The number of hydrogen-bond donors (Lipinski definition) is 1. The Balaban J connectivity index is 1.72. The van der Waals surface area contributed by atoms with Gasteiger partial charge in [-0.15, -0.1) is 0 Å². The van der Waals surface area contributed by atoms with Crippen molar-refractivity contribution in [2.45, 2.75) is 32.1 Å². The molecular weight excluding hydrogens is 316 g/mol. The summed E-state index contributed by atoms with van der Waals surface area (Å²) in [6.07, 6.45) is 5.92. The smallest absolute Gasteiger partial charge is 0.367 e. The van der Waals surface area contributed by atoms with Crippen molar-refractivity contribution in [3.05, 3.63) is 28.9 Å². The molecule has 2 aromatic heterocycles. The summed E-state index contributed by atoms with van der Waals surface area (Å²) in [6, 6.07) is 0. The van der Waals surface area contributed by atoms with E-state index in [1.807, 2.05) is 11.6 Å². The van der Waals surface area contributed by atoms with Crippen LogP contribution in [0, 0.1) is 0 Å². The third-order valence-electron chi connectivity index (χ3n) is 3.85. The average molecular weight is 334 g/mol. The second kappa shape index (κ2) is 6.49. The highest BCUT2D eigenvalue weighted by Gasteiger charge is 2.30. The molecule has 122 valence electrons. The zero-order valence-corrected chi connectivity index (χ0v) is 13.9. The molecule has 7 nitrogen and oxygen atoms in total. The molecule has 1 unspecified atom stereocenters. The third kappa shape index (κ3) is 3.12. The minimum Gasteiger partial charge on any atom is -0.461 e. The lowest BCUT2D eigenvalue weighted by molar-refractivity contribution is -0.117. The maximum atomic E-state index is 12.5. The van der Waals surface area contributed by atoms with E-state index in [4.69, 9.17) is 4.74 Å². The highest BCUT2D eigenvalue weighted by Crippen LogP contribution is 2.32. The van der Waals surface area contributed by atoms with Crippen LogP contribution in [0.15, 0.2) is 12.5 Å². The summed E-state index contributed by atoms with van der Waals surface area (Å²) in [5.74, 6) is -0.834. The Morgan fingerprint density at radius 1 is 1.48 bits per heavy atom. The Hall–Kier alpha value is -2.22. The second-order valence-electron chi connectivity index (χ2n) is 5.37. The van der Waals surface area contributed by atoms with E-state index in [9.17, 15) is 9.59 Å². The zero-order valence-electron chi connectivity index (χ0n) is 13.0. The molecule has 3 rings (SSSR count). The number of nitrogens with one attached hydrogen (secondary N) is 1. The minimum atomic E-state index is -0.470. The molecule has 1 atom stereocenters. The van der Waals surface area contributed by atoms with Crippen molar-refractivity contribution < 1.29 is 14.3 Å². The molecule has 0 saturated carbocycles. The summed E-state index contributed by atoms with van der Waals surface area (Å²) in [7, 11) is 1.95. The van der Waals surface area contributed by atoms with Crippen LogP contribution in [0.25, 0.3) is 0 Å². The first-order chi connectivity index (χ1) is 11.1. The highest BCUT2D eigenvalue weighted by atomic mass is 32.1. The summed E-state index contributed by atoms with van der Waals surface area (Å²) in [4.78, 5) is 32.5. The maximum Gasteiger partial charge on any atom is 0.367 e. The van der Waals surface area contributed by atoms with Crippen LogP contribution in [0.1, 0.15) is 46.9 Å². The number of aryl methyl sites for hydroxylation is 1. The Kier molecular flexibility index (Phi) is 4.42. The predicted octanol–water partition coefficient (Wildman–Crippen LogP) is 2.11. The number of hydrogen-bond acceptors (Lipinski definition) is 6. The van der Waals surface area contributed by atoms with Crippen LogP contribution >= 0.6 is 11.3 Å². The molecule has 0 aliphatic heterocycles. The number of ether oxygens (including phenoxy) is 1. The van der Waals surface area contributed by atoms with Gasteiger partial charge in [0.2, 0.25) is 10.9 Å². The first-order valence-corrected chi connectivity index (χ1v) is 8.35. The van der Waals surface area contributed by atoms with Gasteiger partial charge in [-0.05, 0) is 26.2 Å². The highest BCUT2D eigenvalue weighted by molar-refractivity contribution is 7.17. The number of imidazole rings is 1. The van der Waals surface area contributed by atoms with Crippen LogP contribution in [0.2, 0.25) is 0 Å². The first kappa shape index (κ1) is 15.7. The Bertz CT molecular complexity index is 737. The normalized spacial score (nSPS) is 16.7. The van der Waals surface area contributed by atoms with E-state index >= 15 is 0 Å². The lowest BCUT2D eigenvalue weighted by Gasteiger charge is -2.21. The summed E-state index contributed by atoms with van der Waals surface area (Å²) in [6.45, 7) is 2.03. The van der Waals surface area contributed by atoms with Gasteiger partial charge in [0.05, 0.1) is 30.7 Å². The number of aromatic nitrogens is 3. The van der Waals surface area contributed by atoms with Gasteiger partial charge in [0.15, 0.2) is 0 Å². The van der Waals surface area contributed by atoms with Gasteiger partial charge in [-0.25, -0.2) is 14.8 Å². The van der Waals surface area contributed by atoms with Crippen molar-refractivity contribution in [1.82, 2.24) is 14.5 Å². The van der Waals surface area contributed by atoms with Crippen LogP contribution in [-0.2, 0) is 23.0 Å². The van der Waals surface area contributed by atoms with Gasteiger partial charge in [-0.2, -0.15) is 0 Å². The van der Waals surface area contributed by atoms with Crippen LogP contribution < -0.4 is 5.32 Å². The van der Waals surface area contributed by atoms with Crippen molar-refractivity contribution in [1.29, 1.82) is 0 Å². The standard InChI is InChI=1S/C15H18N4O3S/c1-3-22-15(21)14-16-7-11(23-14)18-13(20)9-5-4-6-10-12(9)17-8-19(10)2/h7-9H,3-6H2,1-2H3,(H,18,20). The Morgan fingerprint density at radius 2 is 2.30 bits per heavy atom. The van der Waals surface area contributed by atoms with Crippen LogP contribution in [-0.4, -0.2) is 33.0 Å². The lowest BCUT2D eigenvalue weighted by Crippen LogP contribution is -2.25. The third-order valence-corrected chi connectivity index (χ3v) is 4.74.